The van der Waals surface area contributed by atoms with E-state index >= 15 is 0 Å². The highest BCUT2D eigenvalue weighted by atomic mass is 32.2. The lowest BCUT2D eigenvalue weighted by molar-refractivity contribution is 0.0677. The first-order chi connectivity index (χ1) is 10.4. The van der Waals surface area contributed by atoms with Crippen molar-refractivity contribution < 1.29 is 9.26 Å². The average Bonchev–Trinajstić information content (AvgIpc) is 3.05. The summed E-state index contributed by atoms with van der Waals surface area (Å²) in [4.78, 5) is 4.58. The molecule has 0 saturated carbocycles. The molecule has 2 aliphatic heterocycles. The summed E-state index contributed by atoms with van der Waals surface area (Å²) in [5, 5.41) is 7.51. The zero-order valence-corrected chi connectivity index (χ0v) is 12.5. The molecule has 2 aromatic rings. The summed E-state index contributed by atoms with van der Waals surface area (Å²) in [6.07, 6.45) is 0.960. The molecule has 1 fully saturated rings. The number of benzene rings is 1. The summed E-state index contributed by atoms with van der Waals surface area (Å²) < 4.78 is 11.2. The monoisotopic (exact) mass is 303 g/mol. The van der Waals surface area contributed by atoms with E-state index in [2.05, 4.69) is 33.7 Å². The third-order valence-electron chi connectivity index (χ3n) is 3.92. The Morgan fingerprint density at radius 1 is 1.33 bits per heavy atom. The van der Waals surface area contributed by atoms with E-state index in [4.69, 9.17) is 9.26 Å². The molecule has 0 bridgehead atoms. The third kappa shape index (κ3) is 2.59. The predicted molar refractivity (Wildman–Crippen MR) is 81.2 cm³/mol. The van der Waals surface area contributed by atoms with Gasteiger partial charge in [0.25, 0.3) is 5.89 Å². The van der Waals surface area contributed by atoms with Crippen LogP contribution in [0.4, 0.5) is 0 Å². The largest absolute Gasteiger partial charge is 0.368 e. The van der Waals surface area contributed by atoms with E-state index in [-0.39, 0.29) is 6.10 Å². The van der Waals surface area contributed by atoms with Crippen molar-refractivity contribution in [2.24, 2.45) is 0 Å². The lowest BCUT2D eigenvalue weighted by Crippen LogP contribution is -2.24. The summed E-state index contributed by atoms with van der Waals surface area (Å²) in [5.74, 6) is 3.22. The van der Waals surface area contributed by atoms with Gasteiger partial charge in [-0.05, 0) is 30.2 Å². The zero-order valence-electron chi connectivity index (χ0n) is 11.7. The van der Waals surface area contributed by atoms with Crippen LogP contribution < -0.4 is 5.32 Å². The van der Waals surface area contributed by atoms with Crippen LogP contribution in [0, 0.1) is 0 Å². The van der Waals surface area contributed by atoms with Crippen molar-refractivity contribution in [1.82, 2.24) is 15.5 Å². The van der Waals surface area contributed by atoms with Gasteiger partial charge in [-0.1, -0.05) is 17.3 Å². The highest BCUT2D eigenvalue weighted by molar-refractivity contribution is 7.99. The number of hydrogen-bond donors (Lipinski definition) is 1. The number of hydrogen-bond acceptors (Lipinski definition) is 6. The number of rotatable bonds is 2. The molecule has 1 atom stereocenters. The van der Waals surface area contributed by atoms with E-state index < -0.39 is 0 Å². The molecule has 0 radical (unpaired) electrons. The van der Waals surface area contributed by atoms with Crippen molar-refractivity contribution in [2.75, 3.05) is 24.7 Å². The number of ether oxygens (including phenoxy) is 1. The first-order valence-corrected chi connectivity index (χ1v) is 8.42. The number of nitrogens with one attached hydrogen (secondary N) is 1. The van der Waals surface area contributed by atoms with Gasteiger partial charge in [-0.25, -0.2) is 0 Å². The van der Waals surface area contributed by atoms with Crippen LogP contribution in [0.5, 0.6) is 0 Å². The molecule has 21 heavy (non-hydrogen) atoms. The van der Waals surface area contributed by atoms with Crippen LogP contribution in [-0.2, 0) is 17.7 Å². The molecule has 0 amide bonds. The fraction of sp³-hybridized carbons (Fsp3) is 0.467. The number of aromatic nitrogens is 2. The Morgan fingerprint density at radius 2 is 2.33 bits per heavy atom. The smallest absolute Gasteiger partial charge is 0.258 e. The van der Waals surface area contributed by atoms with Crippen LogP contribution in [0.1, 0.15) is 23.1 Å². The zero-order chi connectivity index (χ0) is 14.1. The summed E-state index contributed by atoms with van der Waals surface area (Å²) in [5.41, 5.74) is 3.71. The van der Waals surface area contributed by atoms with Crippen LogP contribution in [0.25, 0.3) is 11.5 Å². The predicted octanol–water partition coefficient (Wildman–Crippen LogP) is 2.19. The molecule has 110 valence electrons. The van der Waals surface area contributed by atoms with Crippen molar-refractivity contribution in [3.8, 4) is 11.5 Å². The van der Waals surface area contributed by atoms with E-state index in [0.717, 1.165) is 43.2 Å². The van der Waals surface area contributed by atoms with Gasteiger partial charge >= 0.3 is 0 Å². The summed E-state index contributed by atoms with van der Waals surface area (Å²) in [6.45, 7) is 2.66. The van der Waals surface area contributed by atoms with Gasteiger partial charge in [0.05, 0.1) is 6.61 Å². The van der Waals surface area contributed by atoms with Crippen molar-refractivity contribution in [3.05, 3.63) is 35.2 Å². The first kappa shape index (κ1) is 13.3. The van der Waals surface area contributed by atoms with E-state index in [0.29, 0.717) is 11.7 Å². The van der Waals surface area contributed by atoms with Gasteiger partial charge in [0.1, 0.15) is 6.10 Å². The molecule has 1 N–H and O–H groups in total. The van der Waals surface area contributed by atoms with Crippen LogP contribution in [-0.4, -0.2) is 34.8 Å². The Morgan fingerprint density at radius 3 is 3.24 bits per heavy atom. The molecule has 4 rings (SSSR count). The van der Waals surface area contributed by atoms with Gasteiger partial charge in [0.15, 0.2) is 0 Å². The van der Waals surface area contributed by atoms with E-state index in [9.17, 15) is 0 Å². The second-order valence-corrected chi connectivity index (χ2v) is 6.41. The molecule has 1 aromatic heterocycles. The fourth-order valence-corrected chi connectivity index (χ4v) is 3.68. The molecule has 1 unspecified atom stereocenters. The normalized spacial score (nSPS) is 22.0. The average molecular weight is 303 g/mol. The minimum absolute atomic E-state index is 0.0394. The second kappa shape index (κ2) is 5.79. The van der Waals surface area contributed by atoms with E-state index in [1.165, 1.54) is 11.1 Å². The topological polar surface area (TPSA) is 60.2 Å². The van der Waals surface area contributed by atoms with Gasteiger partial charge in [-0.3, -0.25) is 0 Å². The number of thioether (sulfide) groups is 1. The van der Waals surface area contributed by atoms with Crippen molar-refractivity contribution >= 4 is 11.8 Å². The number of nitrogens with zero attached hydrogens (tertiary/aromatic N) is 2. The molecule has 0 aliphatic carbocycles. The highest BCUT2D eigenvalue weighted by Gasteiger charge is 2.24. The maximum atomic E-state index is 5.71. The maximum Gasteiger partial charge on any atom is 0.258 e. The molecule has 6 heteroatoms. The maximum absolute atomic E-state index is 5.71. The van der Waals surface area contributed by atoms with Crippen molar-refractivity contribution in [2.45, 2.75) is 19.1 Å². The number of fused-ring (bicyclic) bond motifs is 1. The summed E-state index contributed by atoms with van der Waals surface area (Å²) in [6, 6.07) is 6.28. The van der Waals surface area contributed by atoms with E-state index in [1.807, 2.05) is 11.8 Å². The fourth-order valence-electron chi connectivity index (χ4n) is 2.84. The molecular weight excluding hydrogens is 286 g/mol. The summed E-state index contributed by atoms with van der Waals surface area (Å²) in [7, 11) is 0. The Balaban J connectivity index is 1.66. The second-order valence-electron chi connectivity index (χ2n) is 5.26. The highest BCUT2D eigenvalue weighted by Crippen LogP contribution is 2.30. The van der Waals surface area contributed by atoms with Crippen LogP contribution in [0.15, 0.2) is 22.7 Å². The molecule has 0 spiro atoms. The van der Waals surface area contributed by atoms with Crippen LogP contribution >= 0.6 is 11.8 Å². The van der Waals surface area contributed by atoms with Crippen molar-refractivity contribution in [1.29, 1.82) is 0 Å². The minimum Gasteiger partial charge on any atom is -0.368 e. The minimum atomic E-state index is -0.0394. The van der Waals surface area contributed by atoms with Gasteiger partial charge in [-0.2, -0.15) is 16.7 Å². The Bertz CT molecular complexity index is 638. The quantitative estimate of drug-likeness (QED) is 0.917. The molecule has 5 nitrogen and oxygen atoms in total. The van der Waals surface area contributed by atoms with Crippen LogP contribution in [0.3, 0.4) is 0 Å². The Kier molecular flexibility index (Phi) is 3.67. The molecule has 1 aromatic carbocycles. The SMILES string of the molecule is c1cc2c(c(-c3nc(C4CSCCO4)no3)c1)CCNC2. The lowest BCUT2D eigenvalue weighted by Gasteiger charge is -2.19. The lowest BCUT2D eigenvalue weighted by atomic mass is 9.95. The first-order valence-electron chi connectivity index (χ1n) is 7.26. The van der Waals surface area contributed by atoms with Gasteiger partial charge in [0, 0.05) is 23.6 Å². The molecular formula is C15H17N3O2S. The van der Waals surface area contributed by atoms with Gasteiger partial charge in [-0.15, -0.1) is 0 Å². The Hall–Kier alpha value is -1.37. The van der Waals surface area contributed by atoms with Gasteiger partial charge < -0.3 is 14.6 Å². The standard InChI is InChI=1S/C15H17N3O2S/c1-2-10-8-16-5-4-11(10)12(3-1)15-17-14(18-20-15)13-9-21-7-6-19-13/h1-3,13,16H,4-9H2. The molecule has 1 saturated heterocycles. The van der Waals surface area contributed by atoms with Gasteiger partial charge in [0.2, 0.25) is 5.82 Å². The molecule has 2 aliphatic rings. The third-order valence-corrected chi connectivity index (χ3v) is 4.91. The van der Waals surface area contributed by atoms with Crippen molar-refractivity contribution in [3.63, 3.8) is 0 Å². The summed E-state index contributed by atoms with van der Waals surface area (Å²) >= 11 is 1.87. The Labute approximate surface area is 127 Å². The van der Waals surface area contributed by atoms with Crippen LogP contribution in [0.2, 0.25) is 0 Å². The van der Waals surface area contributed by atoms with E-state index in [1.54, 1.807) is 0 Å². The molecule has 3 heterocycles.